The number of carbonyl (C=O) groups excluding carboxylic acids is 1. The van der Waals surface area contributed by atoms with Crippen LogP contribution in [0, 0.1) is 0 Å². The highest BCUT2D eigenvalue weighted by molar-refractivity contribution is 7.16. The Hall–Kier alpha value is -1.10. The van der Waals surface area contributed by atoms with Gasteiger partial charge >= 0.3 is 5.97 Å². The molecule has 0 spiro atoms. The molecule has 0 unspecified atom stereocenters. The van der Waals surface area contributed by atoms with Crippen molar-refractivity contribution in [1.82, 2.24) is 4.98 Å². The molecular weight excluding hydrogens is 236 g/mol. The smallest absolute Gasteiger partial charge is 0.359 e. The Labute approximate surface area is 105 Å². The number of carbonyl (C=O) groups is 1. The minimum absolute atomic E-state index is 0.0866. The number of hydrogen-bond acceptors (Lipinski definition) is 5. The Morgan fingerprint density at radius 3 is 2.65 bits per heavy atom. The number of thiazole rings is 1. The van der Waals surface area contributed by atoms with Crippen molar-refractivity contribution in [1.29, 1.82) is 0 Å². The van der Waals surface area contributed by atoms with Gasteiger partial charge in [0, 0.05) is 5.41 Å². The fourth-order valence-electron chi connectivity index (χ4n) is 2.38. The fraction of sp³-hybridized carbons (Fsp3) is 0.667. The van der Waals surface area contributed by atoms with Gasteiger partial charge in [0.15, 0.2) is 5.69 Å². The molecule has 0 atom stereocenters. The lowest BCUT2D eigenvalue weighted by Crippen LogP contribution is -2.25. The van der Waals surface area contributed by atoms with E-state index in [-0.39, 0.29) is 11.1 Å². The van der Waals surface area contributed by atoms with E-state index in [0.29, 0.717) is 5.00 Å². The molecule has 0 saturated heterocycles. The molecule has 1 saturated carbocycles. The minimum Gasteiger partial charge on any atom is -0.464 e. The van der Waals surface area contributed by atoms with Crippen LogP contribution in [0.1, 0.15) is 54.5 Å². The average molecular weight is 254 g/mol. The topological polar surface area (TPSA) is 65.2 Å². The van der Waals surface area contributed by atoms with Gasteiger partial charge in [0.05, 0.1) is 7.11 Å². The third kappa shape index (κ3) is 2.29. The van der Waals surface area contributed by atoms with Gasteiger partial charge in [-0.1, -0.05) is 26.2 Å². The van der Waals surface area contributed by atoms with Crippen LogP contribution in [0.15, 0.2) is 0 Å². The van der Waals surface area contributed by atoms with Crippen molar-refractivity contribution in [2.24, 2.45) is 0 Å². The first-order chi connectivity index (χ1) is 8.07. The first-order valence-electron chi connectivity index (χ1n) is 5.92. The molecule has 2 N–H and O–H groups in total. The van der Waals surface area contributed by atoms with E-state index >= 15 is 0 Å². The van der Waals surface area contributed by atoms with E-state index in [9.17, 15) is 4.79 Å². The van der Waals surface area contributed by atoms with Crippen LogP contribution in [0.25, 0.3) is 0 Å². The van der Waals surface area contributed by atoms with Gasteiger partial charge in [-0.25, -0.2) is 9.78 Å². The molecule has 0 aromatic carbocycles. The van der Waals surface area contributed by atoms with Crippen molar-refractivity contribution in [2.45, 2.75) is 44.4 Å². The van der Waals surface area contributed by atoms with Crippen molar-refractivity contribution in [3.63, 3.8) is 0 Å². The summed E-state index contributed by atoms with van der Waals surface area (Å²) in [5.74, 6) is -0.440. The summed E-state index contributed by atoms with van der Waals surface area (Å²) in [5.41, 5.74) is 6.20. The maximum Gasteiger partial charge on any atom is 0.359 e. The summed E-state index contributed by atoms with van der Waals surface area (Å²) in [6, 6.07) is 0. The lowest BCUT2D eigenvalue weighted by molar-refractivity contribution is 0.0595. The Kier molecular flexibility index (Phi) is 3.38. The quantitative estimate of drug-likeness (QED) is 0.824. The molecule has 4 nitrogen and oxygen atoms in total. The summed E-state index contributed by atoms with van der Waals surface area (Å²) >= 11 is 1.43. The van der Waals surface area contributed by atoms with Crippen LogP contribution in [0.5, 0.6) is 0 Å². The van der Waals surface area contributed by atoms with Crippen molar-refractivity contribution < 1.29 is 9.53 Å². The predicted molar refractivity (Wildman–Crippen MR) is 68.3 cm³/mol. The van der Waals surface area contributed by atoms with Crippen LogP contribution in [-0.2, 0) is 10.2 Å². The molecule has 0 radical (unpaired) electrons. The average Bonchev–Trinajstić information content (AvgIpc) is 2.72. The molecule has 17 heavy (non-hydrogen) atoms. The second-order valence-corrected chi connectivity index (χ2v) is 5.88. The maximum atomic E-state index is 11.5. The van der Waals surface area contributed by atoms with Gasteiger partial charge in [0.2, 0.25) is 0 Å². The highest BCUT2D eigenvalue weighted by Crippen LogP contribution is 2.42. The number of ether oxygens (including phenoxy) is 1. The normalized spacial score (nSPS) is 18.9. The Morgan fingerprint density at radius 2 is 2.06 bits per heavy atom. The third-order valence-electron chi connectivity index (χ3n) is 3.51. The molecule has 0 amide bonds. The lowest BCUT2D eigenvalue weighted by atomic mass is 9.76. The van der Waals surface area contributed by atoms with E-state index < -0.39 is 5.97 Å². The van der Waals surface area contributed by atoms with E-state index in [2.05, 4.69) is 16.6 Å². The van der Waals surface area contributed by atoms with Crippen molar-refractivity contribution in [3.05, 3.63) is 10.7 Å². The van der Waals surface area contributed by atoms with E-state index in [1.54, 1.807) is 0 Å². The van der Waals surface area contributed by atoms with Crippen LogP contribution in [0.3, 0.4) is 0 Å². The molecule has 94 valence electrons. The zero-order valence-electron chi connectivity index (χ0n) is 10.3. The summed E-state index contributed by atoms with van der Waals surface area (Å²) in [6.07, 6.45) is 5.99. The third-order valence-corrected chi connectivity index (χ3v) is 4.70. The number of esters is 1. The molecule has 1 heterocycles. The summed E-state index contributed by atoms with van der Waals surface area (Å²) in [6.45, 7) is 2.21. The number of nitrogens with two attached hydrogens (primary N) is 1. The number of nitrogens with zero attached hydrogens (tertiary/aromatic N) is 1. The summed E-state index contributed by atoms with van der Waals surface area (Å²) in [4.78, 5) is 15.9. The van der Waals surface area contributed by atoms with Crippen molar-refractivity contribution in [3.8, 4) is 0 Å². The van der Waals surface area contributed by atoms with Crippen LogP contribution in [0.2, 0.25) is 0 Å². The number of rotatable bonds is 2. The monoisotopic (exact) mass is 254 g/mol. The second-order valence-electron chi connectivity index (χ2n) is 4.84. The van der Waals surface area contributed by atoms with Gasteiger partial charge < -0.3 is 10.5 Å². The minimum atomic E-state index is -0.440. The number of aromatic nitrogens is 1. The first kappa shape index (κ1) is 12.4. The van der Waals surface area contributed by atoms with E-state index in [0.717, 1.165) is 17.8 Å². The molecular formula is C12H18N2O2S. The van der Waals surface area contributed by atoms with Crippen molar-refractivity contribution in [2.75, 3.05) is 12.8 Å². The number of methoxy groups -OCH3 is 1. The van der Waals surface area contributed by atoms with Gasteiger partial charge in [0.25, 0.3) is 0 Å². The Balaban J connectivity index is 2.30. The molecule has 2 rings (SSSR count). The number of nitrogen functional groups attached to an aromatic ring is 1. The molecule has 1 aromatic heterocycles. The van der Waals surface area contributed by atoms with E-state index in [1.165, 1.54) is 37.7 Å². The number of hydrogen-bond donors (Lipinski definition) is 1. The lowest BCUT2D eigenvalue weighted by Gasteiger charge is -2.31. The van der Waals surface area contributed by atoms with Gasteiger partial charge in [-0.3, -0.25) is 0 Å². The van der Waals surface area contributed by atoms with E-state index in [1.807, 2.05) is 0 Å². The Morgan fingerprint density at radius 1 is 1.41 bits per heavy atom. The molecule has 0 bridgehead atoms. The molecule has 1 fully saturated rings. The maximum absolute atomic E-state index is 11.5. The molecule has 1 aliphatic rings. The van der Waals surface area contributed by atoms with Crippen molar-refractivity contribution >= 4 is 22.3 Å². The summed E-state index contributed by atoms with van der Waals surface area (Å²) in [5, 5.41) is 1.45. The molecule has 5 heteroatoms. The van der Waals surface area contributed by atoms with Crippen LogP contribution in [0.4, 0.5) is 5.00 Å². The van der Waals surface area contributed by atoms with Gasteiger partial charge in [-0.05, 0) is 12.8 Å². The molecule has 1 aromatic rings. The standard InChI is InChI=1S/C12H18N2O2S/c1-12(6-4-3-5-7-12)11-14-8(9(13)17-11)10(15)16-2/h3-7,13H2,1-2H3. The second kappa shape index (κ2) is 4.64. The van der Waals surface area contributed by atoms with Gasteiger partial charge in [0.1, 0.15) is 10.0 Å². The highest BCUT2D eigenvalue weighted by Gasteiger charge is 2.33. The first-order valence-corrected chi connectivity index (χ1v) is 6.73. The summed E-state index contributed by atoms with van der Waals surface area (Å²) in [7, 11) is 1.35. The zero-order chi connectivity index (χ0) is 12.5. The predicted octanol–water partition coefficient (Wildman–Crippen LogP) is 2.73. The largest absolute Gasteiger partial charge is 0.464 e. The number of anilines is 1. The van der Waals surface area contributed by atoms with Crippen LogP contribution < -0.4 is 5.73 Å². The van der Waals surface area contributed by atoms with Gasteiger partial charge in [-0.2, -0.15) is 0 Å². The summed E-state index contributed by atoms with van der Waals surface area (Å²) < 4.78 is 4.68. The van der Waals surface area contributed by atoms with E-state index in [4.69, 9.17) is 5.73 Å². The Bertz CT molecular complexity index is 422. The zero-order valence-corrected chi connectivity index (χ0v) is 11.1. The SMILES string of the molecule is COC(=O)c1nc(C2(C)CCCCC2)sc1N. The molecule has 0 aliphatic heterocycles. The highest BCUT2D eigenvalue weighted by atomic mass is 32.1. The molecule has 1 aliphatic carbocycles. The van der Waals surface area contributed by atoms with Gasteiger partial charge in [-0.15, -0.1) is 11.3 Å². The van der Waals surface area contributed by atoms with Crippen LogP contribution in [-0.4, -0.2) is 18.1 Å². The van der Waals surface area contributed by atoms with Crippen LogP contribution >= 0.6 is 11.3 Å². The fourth-order valence-corrected chi connectivity index (χ4v) is 3.40.